The van der Waals surface area contributed by atoms with Crippen LogP contribution in [0.1, 0.15) is 12.8 Å². The third kappa shape index (κ3) is 3.68. The summed E-state index contributed by atoms with van der Waals surface area (Å²) in [6.07, 6.45) is 5.02. The van der Waals surface area contributed by atoms with E-state index in [2.05, 4.69) is 15.6 Å². The number of nitrogens with one attached hydrogen (secondary N) is 2. The van der Waals surface area contributed by atoms with Gasteiger partial charge in [-0.1, -0.05) is 12.1 Å². The Labute approximate surface area is 119 Å². The molecule has 0 aliphatic carbocycles. The van der Waals surface area contributed by atoms with Gasteiger partial charge in [0, 0.05) is 37.1 Å². The summed E-state index contributed by atoms with van der Waals surface area (Å²) in [6, 6.07) is 7.74. The van der Waals surface area contributed by atoms with Crippen LogP contribution in [0.25, 0.3) is 11.4 Å². The summed E-state index contributed by atoms with van der Waals surface area (Å²) in [5, 5.41) is 5.95. The molecule has 0 saturated heterocycles. The van der Waals surface area contributed by atoms with Crippen molar-refractivity contribution in [1.29, 1.82) is 0 Å². The zero-order valence-corrected chi connectivity index (χ0v) is 11.9. The maximum Gasteiger partial charge on any atom is 0.224 e. The van der Waals surface area contributed by atoms with E-state index in [1.807, 2.05) is 49.1 Å². The number of amides is 1. The average Bonchev–Trinajstić information content (AvgIpc) is 2.85. The molecule has 0 unspecified atom stereocenters. The van der Waals surface area contributed by atoms with Crippen LogP contribution >= 0.6 is 0 Å². The maximum atomic E-state index is 11.8. The van der Waals surface area contributed by atoms with E-state index in [1.165, 1.54) is 0 Å². The molecule has 0 bridgehead atoms. The number of carbonyl (C=O) groups excluding carboxylic acids is 1. The molecule has 1 amide bonds. The fourth-order valence-corrected chi connectivity index (χ4v) is 2.03. The number of benzene rings is 1. The molecule has 0 fully saturated rings. The van der Waals surface area contributed by atoms with Crippen molar-refractivity contribution in [2.24, 2.45) is 7.05 Å². The van der Waals surface area contributed by atoms with Gasteiger partial charge in [-0.15, -0.1) is 0 Å². The van der Waals surface area contributed by atoms with Crippen LogP contribution in [-0.2, 0) is 11.8 Å². The lowest BCUT2D eigenvalue weighted by Gasteiger charge is -2.07. The second-order valence-corrected chi connectivity index (χ2v) is 4.70. The van der Waals surface area contributed by atoms with Crippen LogP contribution in [0.2, 0.25) is 0 Å². The molecule has 106 valence electrons. The minimum Gasteiger partial charge on any atom is -0.334 e. The van der Waals surface area contributed by atoms with Gasteiger partial charge < -0.3 is 15.2 Å². The highest BCUT2D eigenvalue weighted by molar-refractivity contribution is 5.91. The van der Waals surface area contributed by atoms with Crippen LogP contribution in [-0.4, -0.2) is 29.1 Å². The number of rotatable bonds is 6. The highest BCUT2D eigenvalue weighted by Gasteiger charge is 2.06. The lowest BCUT2D eigenvalue weighted by molar-refractivity contribution is -0.116. The van der Waals surface area contributed by atoms with Crippen LogP contribution in [0.3, 0.4) is 0 Å². The van der Waals surface area contributed by atoms with Gasteiger partial charge in [0.05, 0.1) is 0 Å². The summed E-state index contributed by atoms with van der Waals surface area (Å²) >= 11 is 0. The first kappa shape index (κ1) is 14.3. The lowest BCUT2D eigenvalue weighted by atomic mass is 10.2. The monoisotopic (exact) mass is 272 g/mol. The number of hydrogen-bond donors (Lipinski definition) is 2. The summed E-state index contributed by atoms with van der Waals surface area (Å²) < 4.78 is 1.95. The number of hydrogen-bond acceptors (Lipinski definition) is 3. The maximum absolute atomic E-state index is 11.8. The molecule has 0 radical (unpaired) electrons. The Hall–Kier alpha value is -2.14. The van der Waals surface area contributed by atoms with Gasteiger partial charge in [0.1, 0.15) is 5.82 Å². The molecule has 1 heterocycles. The number of anilines is 1. The van der Waals surface area contributed by atoms with E-state index >= 15 is 0 Å². The standard InChI is InChI=1S/C15H20N4O/c1-16-8-4-7-14(20)18-13-6-3-5-12(11-13)15-17-9-10-19(15)2/h3,5-6,9-11,16H,4,7-8H2,1-2H3,(H,18,20). The Morgan fingerprint density at radius 1 is 1.40 bits per heavy atom. The summed E-state index contributed by atoms with van der Waals surface area (Å²) in [7, 11) is 3.83. The smallest absolute Gasteiger partial charge is 0.224 e. The molecule has 2 aromatic rings. The molecule has 2 N–H and O–H groups in total. The first-order chi connectivity index (χ1) is 9.70. The third-order valence-electron chi connectivity index (χ3n) is 3.06. The Morgan fingerprint density at radius 3 is 2.95 bits per heavy atom. The molecule has 5 nitrogen and oxygen atoms in total. The highest BCUT2D eigenvalue weighted by Crippen LogP contribution is 2.20. The highest BCUT2D eigenvalue weighted by atomic mass is 16.1. The van der Waals surface area contributed by atoms with Gasteiger partial charge in [0.15, 0.2) is 0 Å². The molecular formula is C15H20N4O. The lowest BCUT2D eigenvalue weighted by Crippen LogP contribution is -2.15. The van der Waals surface area contributed by atoms with Crippen LogP contribution in [0.5, 0.6) is 0 Å². The summed E-state index contributed by atoms with van der Waals surface area (Å²) in [5.74, 6) is 0.925. The summed E-state index contributed by atoms with van der Waals surface area (Å²) in [6.45, 7) is 0.848. The van der Waals surface area contributed by atoms with E-state index in [1.54, 1.807) is 6.20 Å². The van der Waals surface area contributed by atoms with E-state index in [4.69, 9.17) is 0 Å². The molecule has 2 rings (SSSR count). The predicted molar refractivity (Wildman–Crippen MR) is 80.4 cm³/mol. The second-order valence-electron chi connectivity index (χ2n) is 4.70. The van der Waals surface area contributed by atoms with Crippen LogP contribution in [0.4, 0.5) is 5.69 Å². The van der Waals surface area contributed by atoms with Crippen molar-refractivity contribution < 1.29 is 4.79 Å². The number of nitrogens with zero attached hydrogens (tertiary/aromatic N) is 2. The van der Waals surface area contributed by atoms with Crippen molar-refractivity contribution >= 4 is 11.6 Å². The second kappa shape index (κ2) is 6.86. The minimum atomic E-state index is 0.0391. The SMILES string of the molecule is CNCCCC(=O)Nc1cccc(-c2nccn2C)c1. The van der Waals surface area contributed by atoms with Gasteiger partial charge in [-0.3, -0.25) is 4.79 Å². The molecule has 1 aromatic heterocycles. The first-order valence-corrected chi connectivity index (χ1v) is 6.73. The van der Waals surface area contributed by atoms with E-state index < -0.39 is 0 Å². The van der Waals surface area contributed by atoms with Gasteiger partial charge in [0.2, 0.25) is 5.91 Å². The van der Waals surface area contributed by atoms with Gasteiger partial charge in [-0.2, -0.15) is 0 Å². The number of aromatic nitrogens is 2. The zero-order chi connectivity index (χ0) is 14.4. The largest absolute Gasteiger partial charge is 0.334 e. The van der Waals surface area contributed by atoms with Crippen molar-refractivity contribution in [3.63, 3.8) is 0 Å². The minimum absolute atomic E-state index is 0.0391. The Balaban J connectivity index is 2.03. The number of aryl methyl sites for hydroxylation is 1. The van der Waals surface area contributed by atoms with Crippen LogP contribution in [0, 0.1) is 0 Å². The Bertz CT molecular complexity index is 577. The molecule has 5 heteroatoms. The van der Waals surface area contributed by atoms with E-state index in [0.717, 1.165) is 30.0 Å². The fraction of sp³-hybridized carbons (Fsp3) is 0.333. The molecular weight excluding hydrogens is 252 g/mol. The van der Waals surface area contributed by atoms with E-state index in [9.17, 15) is 4.79 Å². The molecule has 1 aromatic carbocycles. The van der Waals surface area contributed by atoms with Crippen molar-refractivity contribution in [2.75, 3.05) is 18.9 Å². The first-order valence-electron chi connectivity index (χ1n) is 6.73. The third-order valence-corrected chi connectivity index (χ3v) is 3.06. The molecule has 0 spiro atoms. The topological polar surface area (TPSA) is 59.0 Å². The van der Waals surface area contributed by atoms with E-state index in [0.29, 0.717) is 6.42 Å². The summed E-state index contributed by atoms with van der Waals surface area (Å²) in [4.78, 5) is 16.1. The zero-order valence-electron chi connectivity index (χ0n) is 11.9. The average molecular weight is 272 g/mol. The van der Waals surface area contributed by atoms with Crippen molar-refractivity contribution in [3.8, 4) is 11.4 Å². The van der Waals surface area contributed by atoms with Crippen molar-refractivity contribution in [2.45, 2.75) is 12.8 Å². The summed E-state index contributed by atoms with van der Waals surface area (Å²) in [5.41, 5.74) is 1.80. The van der Waals surface area contributed by atoms with Gasteiger partial charge in [-0.25, -0.2) is 4.98 Å². The normalized spacial score (nSPS) is 10.5. The van der Waals surface area contributed by atoms with Crippen molar-refractivity contribution in [3.05, 3.63) is 36.7 Å². The quantitative estimate of drug-likeness (QED) is 0.791. The molecule has 20 heavy (non-hydrogen) atoms. The van der Waals surface area contributed by atoms with Crippen molar-refractivity contribution in [1.82, 2.24) is 14.9 Å². The Morgan fingerprint density at radius 2 is 2.25 bits per heavy atom. The molecule has 0 aliphatic rings. The predicted octanol–water partition coefficient (Wildman–Crippen LogP) is 2.03. The molecule has 0 atom stereocenters. The van der Waals surface area contributed by atoms with E-state index in [-0.39, 0.29) is 5.91 Å². The van der Waals surface area contributed by atoms with Crippen LogP contribution < -0.4 is 10.6 Å². The molecule has 0 aliphatic heterocycles. The molecule has 0 saturated carbocycles. The van der Waals surface area contributed by atoms with Crippen LogP contribution in [0.15, 0.2) is 36.7 Å². The fourth-order valence-electron chi connectivity index (χ4n) is 2.03. The van der Waals surface area contributed by atoms with Gasteiger partial charge in [-0.05, 0) is 32.1 Å². The Kier molecular flexibility index (Phi) is 4.90. The number of imidazole rings is 1. The number of carbonyl (C=O) groups is 1. The van der Waals surface area contributed by atoms with Gasteiger partial charge >= 0.3 is 0 Å². The van der Waals surface area contributed by atoms with Gasteiger partial charge in [0.25, 0.3) is 0 Å².